The van der Waals surface area contributed by atoms with Crippen molar-refractivity contribution >= 4 is 17.3 Å². The third-order valence-electron chi connectivity index (χ3n) is 4.67. The van der Waals surface area contributed by atoms with E-state index in [-0.39, 0.29) is 0 Å². The SMILES string of the molecule is Cc1cccc(N2CCN(Cc3nc(-c4ccc(Cl)cc4)no3)CC2)c1. The van der Waals surface area contributed by atoms with Gasteiger partial charge in [-0.2, -0.15) is 4.98 Å². The van der Waals surface area contributed by atoms with Crippen molar-refractivity contribution in [2.24, 2.45) is 0 Å². The van der Waals surface area contributed by atoms with E-state index in [0.717, 1.165) is 31.7 Å². The third-order valence-corrected chi connectivity index (χ3v) is 4.92. The Kier molecular flexibility index (Phi) is 4.91. The summed E-state index contributed by atoms with van der Waals surface area (Å²) in [6.07, 6.45) is 0. The molecule has 0 saturated carbocycles. The summed E-state index contributed by atoms with van der Waals surface area (Å²) in [5, 5.41) is 4.79. The molecule has 1 aliphatic heterocycles. The molecular formula is C20H21ClN4O. The molecule has 134 valence electrons. The van der Waals surface area contributed by atoms with Crippen molar-refractivity contribution in [2.45, 2.75) is 13.5 Å². The zero-order valence-electron chi connectivity index (χ0n) is 14.7. The van der Waals surface area contributed by atoms with Gasteiger partial charge in [0.1, 0.15) is 0 Å². The monoisotopic (exact) mass is 368 g/mol. The Morgan fingerprint density at radius 3 is 2.54 bits per heavy atom. The molecule has 0 amide bonds. The fraction of sp³-hybridized carbons (Fsp3) is 0.300. The summed E-state index contributed by atoms with van der Waals surface area (Å²) in [5.74, 6) is 1.26. The third kappa shape index (κ3) is 3.89. The highest BCUT2D eigenvalue weighted by Crippen LogP contribution is 2.21. The molecule has 1 aromatic heterocycles. The lowest BCUT2D eigenvalue weighted by molar-refractivity contribution is 0.215. The molecule has 3 aromatic rings. The lowest BCUT2D eigenvalue weighted by atomic mass is 10.2. The van der Waals surface area contributed by atoms with Gasteiger partial charge in [0.2, 0.25) is 11.7 Å². The topological polar surface area (TPSA) is 45.4 Å². The number of hydrogen-bond donors (Lipinski definition) is 0. The molecule has 0 aliphatic carbocycles. The normalized spacial score (nSPS) is 15.4. The largest absolute Gasteiger partial charge is 0.369 e. The molecule has 6 heteroatoms. The van der Waals surface area contributed by atoms with Crippen LogP contribution in [-0.4, -0.2) is 41.2 Å². The molecule has 1 aliphatic rings. The highest BCUT2D eigenvalue weighted by molar-refractivity contribution is 6.30. The van der Waals surface area contributed by atoms with Crippen LogP contribution in [0.3, 0.4) is 0 Å². The fourth-order valence-electron chi connectivity index (χ4n) is 3.22. The van der Waals surface area contributed by atoms with Gasteiger partial charge >= 0.3 is 0 Å². The first-order valence-corrected chi connectivity index (χ1v) is 9.18. The second-order valence-corrected chi connectivity index (χ2v) is 7.06. The molecule has 2 heterocycles. The van der Waals surface area contributed by atoms with Gasteiger partial charge in [-0.25, -0.2) is 0 Å². The number of halogens is 1. The van der Waals surface area contributed by atoms with Crippen molar-refractivity contribution in [2.75, 3.05) is 31.1 Å². The van der Waals surface area contributed by atoms with Crippen LogP contribution < -0.4 is 4.90 Å². The first kappa shape index (κ1) is 17.1. The Morgan fingerprint density at radius 1 is 1.04 bits per heavy atom. The lowest BCUT2D eigenvalue weighted by Gasteiger charge is -2.35. The molecule has 2 aromatic carbocycles. The minimum Gasteiger partial charge on any atom is -0.369 e. The summed E-state index contributed by atoms with van der Waals surface area (Å²) < 4.78 is 5.43. The maximum atomic E-state index is 5.92. The van der Waals surface area contributed by atoms with Gasteiger partial charge in [0, 0.05) is 42.5 Å². The van der Waals surface area contributed by atoms with E-state index < -0.39 is 0 Å². The predicted octanol–water partition coefficient (Wildman–Crippen LogP) is 4.02. The highest BCUT2D eigenvalue weighted by atomic mass is 35.5. The van der Waals surface area contributed by atoms with Gasteiger partial charge in [0.05, 0.1) is 6.54 Å². The van der Waals surface area contributed by atoms with Gasteiger partial charge in [-0.1, -0.05) is 28.9 Å². The van der Waals surface area contributed by atoms with Crippen LogP contribution in [0.4, 0.5) is 5.69 Å². The van der Waals surface area contributed by atoms with Crippen LogP contribution in [0.1, 0.15) is 11.5 Å². The molecule has 1 fully saturated rings. The fourth-order valence-corrected chi connectivity index (χ4v) is 3.34. The van der Waals surface area contributed by atoms with Gasteiger partial charge in [-0.15, -0.1) is 0 Å². The molecule has 5 nitrogen and oxygen atoms in total. The Bertz CT molecular complexity index is 870. The molecular weight excluding hydrogens is 348 g/mol. The van der Waals surface area contributed by atoms with Crippen LogP contribution in [0.2, 0.25) is 5.02 Å². The Labute approximate surface area is 158 Å². The van der Waals surface area contributed by atoms with Crippen molar-refractivity contribution < 1.29 is 4.52 Å². The van der Waals surface area contributed by atoms with E-state index in [2.05, 4.69) is 51.1 Å². The van der Waals surface area contributed by atoms with Gasteiger partial charge in [0.25, 0.3) is 0 Å². The second kappa shape index (κ2) is 7.48. The molecule has 0 N–H and O–H groups in total. The summed E-state index contributed by atoms with van der Waals surface area (Å²) in [7, 11) is 0. The average molecular weight is 369 g/mol. The summed E-state index contributed by atoms with van der Waals surface area (Å²) in [6.45, 7) is 6.78. The molecule has 4 rings (SSSR count). The quantitative estimate of drug-likeness (QED) is 0.696. The Morgan fingerprint density at radius 2 is 1.81 bits per heavy atom. The predicted molar refractivity (Wildman–Crippen MR) is 103 cm³/mol. The van der Waals surface area contributed by atoms with E-state index in [9.17, 15) is 0 Å². The van der Waals surface area contributed by atoms with Crippen LogP contribution in [0.5, 0.6) is 0 Å². The van der Waals surface area contributed by atoms with Gasteiger partial charge in [-0.05, 0) is 48.9 Å². The Hall–Kier alpha value is -2.37. The number of hydrogen-bond acceptors (Lipinski definition) is 5. The van der Waals surface area contributed by atoms with E-state index in [1.807, 2.05) is 24.3 Å². The van der Waals surface area contributed by atoms with Crippen LogP contribution in [-0.2, 0) is 6.54 Å². The van der Waals surface area contributed by atoms with Gasteiger partial charge in [0.15, 0.2) is 0 Å². The standard InChI is InChI=1S/C20H21ClN4O/c1-15-3-2-4-18(13-15)25-11-9-24(10-12-25)14-19-22-20(23-26-19)16-5-7-17(21)8-6-16/h2-8,13H,9-12,14H2,1H3. The first-order chi connectivity index (χ1) is 12.7. The lowest BCUT2D eigenvalue weighted by Crippen LogP contribution is -2.46. The molecule has 26 heavy (non-hydrogen) atoms. The summed E-state index contributed by atoms with van der Waals surface area (Å²) >= 11 is 5.92. The number of nitrogens with zero attached hydrogens (tertiary/aromatic N) is 4. The number of aryl methyl sites for hydroxylation is 1. The number of aromatic nitrogens is 2. The van der Waals surface area contributed by atoms with Crippen LogP contribution in [0.15, 0.2) is 53.1 Å². The number of piperazine rings is 1. The summed E-state index contributed by atoms with van der Waals surface area (Å²) in [5.41, 5.74) is 3.51. The smallest absolute Gasteiger partial charge is 0.241 e. The van der Waals surface area contributed by atoms with E-state index >= 15 is 0 Å². The zero-order valence-corrected chi connectivity index (χ0v) is 15.5. The summed E-state index contributed by atoms with van der Waals surface area (Å²) in [6, 6.07) is 16.1. The van der Waals surface area contributed by atoms with Crippen LogP contribution in [0, 0.1) is 6.92 Å². The maximum Gasteiger partial charge on any atom is 0.241 e. The average Bonchev–Trinajstić information content (AvgIpc) is 3.11. The van der Waals surface area contributed by atoms with Crippen molar-refractivity contribution in [1.29, 1.82) is 0 Å². The minimum absolute atomic E-state index is 0.607. The van der Waals surface area contributed by atoms with Crippen molar-refractivity contribution in [1.82, 2.24) is 15.0 Å². The van der Waals surface area contributed by atoms with Gasteiger partial charge < -0.3 is 9.42 Å². The van der Waals surface area contributed by atoms with E-state index in [1.165, 1.54) is 11.3 Å². The van der Waals surface area contributed by atoms with E-state index in [1.54, 1.807) is 0 Å². The van der Waals surface area contributed by atoms with Crippen molar-refractivity contribution in [3.8, 4) is 11.4 Å². The number of benzene rings is 2. The number of rotatable bonds is 4. The second-order valence-electron chi connectivity index (χ2n) is 6.62. The van der Waals surface area contributed by atoms with Crippen molar-refractivity contribution in [3.63, 3.8) is 0 Å². The Balaban J connectivity index is 1.35. The molecule has 0 unspecified atom stereocenters. The minimum atomic E-state index is 0.607. The molecule has 0 atom stereocenters. The van der Waals surface area contributed by atoms with Crippen LogP contribution in [0.25, 0.3) is 11.4 Å². The number of anilines is 1. The summed E-state index contributed by atoms with van der Waals surface area (Å²) in [4.78, 5) is 9.30. The molecule has 0 spiro atoms. The maximum absolute atomic E-state index is 5.92. The highest BCUT2D eigenvalue weighted by Gasteiger charge is 2.19. The molecule has 0 radical (unpaired) electrons. The molecule has 1 saturated heterocycles. The van der Waals surface area contributed by atoms with Crippen molar-refractivity contribution in [3.05, 3.63) is 65.0 Å². The van der Waals surface area contributed by atoms with Crippen LogP contribution >= 0.6 is 11.6 Å². The van der Waals surface area contributed by atoms with E-state index in [0.29, 0.717) is 23.3 Å². The zero-order chi connectivity index (χ0) is 17.9. The first-order valence-electron chi connectivity index (χ1n) is 8.80. The van der Waals surface area contributed by atoms with E-state index in [4.69, 9.17) is 16.1 Å². The molecule has 0 bridgehead atoms. The van der Waals surface area contributed by atoms with Gasteiger partial charge in [-0.3, -0.25) is 4.90 Å².